The van der Waals surface area contributed by atoms with Gasteiger partial charge in [0.1, 0.15) is 12.1 Å². The van der Waals surface area contributed by atoms with Crippen LogP contribution in [-0.2, 0) is 9.59 Å². The molecule has 2 rings (SSSR count). The zero-order valence-electron chi connectivity index (χ0n) is 14.0. The summed E-state index contributed by atoms with van der Waals surface area (Å²) in [4.78, 5) is 43.0. The van der Waals surface area contributed by atoms with Gasteiger partial charge in [0.25, 0.3) is 11.8 Å². The molecule has 0 unspecified atom stereocenters. The third-order valence-electron chi connectivity index (χ3n) is 2.93. The number of carboxylic acid groups (broad SMARTS) is 2. The van der Waals surface area contributed by atoms with E-state index in [1.54, 1.807) is 12.1 Å². The van der Waals surface area contributed by atoms with Gasteiger partial charge in [-0.1, -0.05) is 0 Å². The number of carboxylic acids is 2. The van der Waals surface area contributed by atoms with Gasteiger partial charge in [-0.25, -0.2) is 0 Å². The normalized spacial score (nSPS) is 12.1. The second-order valence-electron chi connectivity index (χ2n) is 5.02. The van der Waals surface area contributed by atoms with Crippen molar-refractivity contribution in [2.75, 3.05) is 0 Å². The smallest absolute Gasteiger partial charge is 0.325 e. The van der Waals surface area contributed by atoms with E-state index in [-0.39, 0.29) is 11.5 Å². The maximum Gasteiger partial charge on any atom is 0.325 e. The number of carbonyl (C=O) groups excluding carboxylic acids is 2. The van der Waals surface area contributed by atoms with Crippen LogP contribution in [0.4, 0.5) is 0 Å². The van der Waals surface area contributed by atoms with Crippen LogP contribution >= 0.6 is 0 Å². The average molecular weight is 366 g/mol. The third-order valence-corrected chi connectivity index (χ3v) is 2.93. The van der Waals surface area contributed by atoms with Crippen LogP contribution in [0, 0.1) is 0 Å². The predicted molar refractivity (Wildman–Crippen MR) is 86.5 cm³/mol. The van der Waals surface area contributed by atoms with Gasteiger partial charge in [-0.2, -0.15) is 0 Å². The van der Waals surface area contributed by atoms with Crippen molar-refractivity contribution in [1.82, 2.24) is 10.6 Å². The number of nitrogens with one attached hydrogen (secondary N) is 2. The first kappa shape index (κ1) is 20.5. The molecule has 0 aromatic carbocycles. The molecule has 2 aromatic heterocycles. The molecule has 0 aliphatic carbocycles. The Morgan fingerprint density at radius 2 is 1.15 bits per heavy atom. The Kier molecular flexibility index (Phi) is 7.62. The summed E-state index contributed by atoms with van der Waals surface area (Å²) in [5, 5.41) is 21.5. The van der Waals surface area contributed by atoms with Crippen LogP contribution < -0.4 is 10.6 Å². The Bertz CT molecular complexity index is 672. The average Bonchev–Trinajstić information content (AvgIpc) is 3.28. The van der Waals surface area contributed by atoms with Crippen LogP contribution in [0.3, 0.4) is 0 Å². The fraction of sp³-hybridized carbons (Fsp3) is 0.250. The van der Waals surface area contributed by atoms with Crippen molar-refractivity contribution in [2.45, 2.75) is 25.9 Å². The fourth-order valence-electron chi connectivity index (χ4n) is 1.47. The SMILES string of the molecule is C[C@H](NC(=O)c1ccco1)C(=O)O.C[C@H](NC(=O)c1ccco1)C(=O)O. The molecule has 10 nitrogen and oxygen atoms in total. The van der Waals surface area contributed by atoms with Crippen molar-refractivity contribution in [2.24, 2.45) is 0 Å². The van der Waals surface area contributed by atoms with E-state index in [4.69, 9.17) is 19.0 Å². The van der Waals surface area contributed by atoms with Crippen molar-refractivity contribution in [1.29, 1.82) is 0 Å². The lowest BCUT2D eigenvalue weighted by atomic mass is 10.3. The summed E-state index contributed by atoms with van der Waals surface area (Å²) < 4.78 is 9.54. The van der Waals surface area contributed by atoms with Gasteiger partial charge in [0, 0.05) is 0 Å². The highest BCUT2D eigenvalue weighted by molar-refractivity contribution is 5.94. The highest BCUT2D eigenvalue weighted by Crippen LogP contribution is 2.00. The molecule has 0 aliphatic rings. The van der Waals surface area contributed by atoms with E-state index in [1.807, 2.05) is 0 Å². The summed E-state index contributed by atoms with van der Waals surface area (Å²) in [6, 6.07) is 4.20. The molecule has 0 radical (unpaired) electrons. The molecule has 0 bridgehead atoms. The first-order valence-corrected chi connectivity index (χ1v) is 7.36. The minimum atomic E-state index is -1.08. The molecule has 2 heterocycles. The molecule has 0 saturated heterocycles. The summed E-state index contributed by atoms with van der Waals surface area (Å²) in [6.07, 6.45) is 2.70. The lowest BCUT2D eigenvalue weighted by Crippen LogP contribution is -2.38. The van der Waals surface area contributed by atoms with Gasteiger partial charge in [-0.3, -0.25) is 19.2 Å². The molecule has 140 valence electrons. The topological polar surface area (TPSA) is 159 Å². The van der Waals surface area contributed by atoms with Crippen LogP contribution in [0.15, 0.2) is 45.6 Å². The lowest BCUT2D eigenvalue weighted by Gasteiger charge is -2.06. The number of rotatable bonds is 6. The Labute approximate surface area is 147 Å². The summed E-state index contributed by atoms with van der Waals surface area (Å²) >= 11 is 0. The first-order valence-electron chi connectivity index (χ1n) is 7.36. The van der Waals surface area contributed by atoms with E-state index in [2.05, 4.69) is 10.6 Å². The van der Waals surface area contributed by atoms with Gasteiger partial charge in [0.2, 0.25) is 0 Å². The zero-order chi connectivity index (χ0) is 19.7. The van der Waals surface area contributed by atoms with E-state index in [0.717, 1.165) is 0 Å². The monoisotopic (exact) mass is 366 g/mol. The standard InChI is InChI=1S/2C8H9NO4/c2*1-5(8(11)12)9-7(10)6-3-2-4-13-6/h2*2-5H,1H3,(H,9,10)(H,11,12)/t2*5-/m00/s1. The fourth-order valence-corrected chi connectivity index (χ4v) is 1.47. The Hall–Kier alpha value is -3.56. The van der Waals surface area contributed by atoms with Gasteiger partial charge in [-0.05, 0) is 38.1 Å². The molecule has 0 fully saturated rings. The highest BCUT2D eigenvalue weighted by Gasteiger charge is 2.17. The van der Waals surface area contributed by atoms with E-state index in [0.29, 0.717) is 0 Å². The minimum Gasteiger partial charge on any atom is -0.480 e. The lowest BCUT2D eigenvalue weighted by molar-refractivity contribution is -0.139. The molecule has 2 atom stereocenters. The van der Waals surface area contributed by atoms with Crippen molar-refractivity contribution in [3.8, 4) is 0 Å². The van der Waals surface area contributed by atoms with Gasteiger partial charge in [0.05, 0.1) is 12.5 Å². The highest BCUT2D eigenvalue weighted by atomic mass is 16.4. The van der Waals surface area contributed by atoms with Crippen LogP contribution in [0.25, 0.3) is 0 Å². The van der Waals surface area contributed by atoms with Crippen molar-refractivity contribution in [3.63, 3.8) is 0 Å². The number of hydrogen-bond acceptors (Lipinski definition) is 6. The number of aliphatic carboxylic acids is 2. The van der Waals surface area contributed by atoms with Crippen LogP contribution in [0.5, 0.6) is 0 Å². The van der Waals surface area contributed by atoms with Crippen LogP contribution in [-0.4, -0.2) is 46.0 Å². The summed E-state index contributed by atoms with van der Waals surface area (Å²) in [6.45, 7) is 2.76. The van der Waals surface area contributed by atoms with E-state index < -0.39 is 35.8 Å². The van der Waals surface area contributed by atoms with Crippen LogP contribution in [0.1, 0.15) is 35.0 Å². The first-order chi connectivity index (χ1) is 12.2. The molecule has 2 aromatic rings. The maximum atomic E-state index is 11.2. The molecule has 10 heteroatoms. The van der Waals surface area contributed by atoms with E-state index >= 15 is 0 Å². The summed E-state index contributed by atoms with van der Waals surface area (Å²) in [7, 11) is 0. The van der Waals surface area contributed by atoms with Gasteiger partial charge < -0.3 is 29.7 Å². The van der Waals surface area contributed by atoms with E-state index in [1.165, 1.54) is 38.5 Å². The van der Waals surface area contributed by atoms with E-state index in [9.17, 15) is 19.2 Å². The molecule has 0 aliphatic heterocycles. The number of hydrogen-bond donors (Lipinski definition) is 4. The molecule has 0 spiro atoms. The molecular formula is C16H18N2O8. The summed E-state index contributed by atoms with van der Waals surface area (Å²) in [5.74, 6) is -3.01. The number of amides is 2. The Morgan fingerprint density at radius 1 is 0.808 bits per heavy atom. The van der Waals surface area contributed by atoms with Crippen LogP contribution in [0.2, 0.25) is 0 Å². The molecule has 2 amide bonds. The number of carbonyl (C=O) groups is 4. The molecular weight excluding hydrogens is 348 g/mol. The third kappa shape index (κ3) is 6.51. The zero-order valence-corrected chi connectivity index (χ0v) is 14.0. The second-order valence-corrected chi connectivity index (χ2v) is 5.02. The van der Waals surface area contributed by atoms with Gasteiger partial charge >= 0.3 is 11.9 Å². The minimum absolute atomic E-state index is 0.105. The quantitative estimate of drug-likeness (QED) is 0.588. The number of furan rings is 2. The predicted octanol–water partition coefficient (Wildman–Crippen LogP) is 0.965. The summed E-state index contributed by atoms with van der Waals surface area (Å²) in [5.41, 5.74) is 0. The van der Waals surface area contributed by atoms with Gasteiger partial charge in [-0.15, -0.1) is 0 Å². The molecule has 4 N–H and O–H groups in total. The Balaban J connectivity index is 0.000000260. The second kappa shape index (κ2) is 9.67. The largest absolute Gasteiger partial charge is 0.480 e. The van der Waals surface area contributed by atoms with Crippen molar-refractivity contribution >= 4 is 23.8 Å². The molecule has 0 saturated carbocycles. The van der Waals surface area contributed by atoms with Gasteiger partial charge in [0.15, 0.2) is 11.5 Å². The van der Waals surface area contributed by atoms with Crippen molar-refractivity contribution in [3.05, 3.63) is 48.3 Å². The van der Waals surface area contributed by atoms with Crippen molar-refractivity contribution < 1.29 is 38.2 Å². The molecule has 26 heavy (non-hydrogen) atoms. The maximum absolute atomic E-state index is 11.2. The Morgan fingerprint density at radius 3 is 1.38 bits per heavy atom.